The molecule has 0 heterocycles. The number of carbonyl (C=O) groups excluding carboxylic acids is 1. The standard InChI is InChI=1S/C18H30N2O/c1-5-6-7-8-9-15(3)19-16(4)18(21)20-17-12-10-14(2)11-13-17/h10-13,15-16,19H,5-9H2,1-4H3,(H,20,21). The van der Waals surface area contributed by atoms with Crippen LogP contribution in [0.3, 0.4) is 0 Å². The number of rotatable bonds is 9. The Hall–Kier alpha value is -1.35. The molecule has 3 heteroatoms. The smallest absolute Gasteiger partial charge is 0.241 e. The van der Waals surface area contributed by atoms with Crippen molar-refractivity contribution in [2.24, 2.45) is 0 Å². The van der Waals surface area contributed by atoms with Gasteiger partial charge >= 0.3 is 0 Å². The Bertz CT molecular complexity index is 414. The molecule has 0 aliphatic rings. The first-order valence-corrected chi connectivity index (χ1v) is 8.16. The van der Waals surface area contributed by atoms with Crippen molar-refractivity contribution in [1.82, 2.24) is 5.32 Å². The van der Waals surface area contributed by atoms with Gasteiger partial charge in [0.2, 0.25) is 5.91 Å². The van der Waals surface area contributed by atoms with Gasteiger partial charge in [0.25, 0.3) is 0 Å². The lowest BCUT2D eigenvalue weighted by molar-refractivity contribution is -0.117. The number of nitrogens with one attached hydrogen (secondary N) is 2. The largest absolute Gasteiger partial charge is 0.325 e. The van der Waals surface area contributed by atoms with Crippen LogP contribution >= 0.6 is 0 Å². The molecule has 1 aromatic rings. The van der Waals surface area contributed by atoms with Crippen molar-refractivity contribution in [1.29, 1.82) is 0 Å². The SMILES string of the molecule is CCCCCCC(C)NC(C)C(=O)Nc1ccc(C)cc1. The van der Waals surface area contributed by atoms with Crippen LogP contribution in [0, 0.1) is 6.92 Å². The third kappa shape index (κ3) is 7.28. The molecule has 3 nitrogen and oxygen atoms in total. The summed E-state index contributed by atoms with van der Waals surface area (Å²) in [5.41, 5.74) is 2.05. The highest BCUT2D eigenvalue weighted by atomic mass is 16.2. The van der Waals surface area contributed by atoms with Crippen LogP contribution in [0.25, 0.3) is 0 Å². The molecular formula is C18H30N2O. The van der Waals surface area contributed by atoms with Gasteiger partial charge in [-0.15, -0.1) is 0 Å². The molecule has 2 N–H and O–H groups in total. The molecule has 118 valence electrons. The van der Waals surface area contributed by atoms with Crippen molar-refractivity contribution >= 4 is 11.6 Å². The maximum absolute atomic E-state index is 12.1. The molecular weight excluding hydrogens is 260 g/mol. The van der Waals surface area contributed by atoms with E-state index in [-0.39, 0.29) is 11.9 Å². The second-order valence-electron chi connectivity index (χ2n) is 5.99. The van der Waals surface area contributed by atoms with E-state index < -0.39 is 0 Å². The van der Waals surface area contributed by atoms with E-state index in [1.54, 1.807) is 0 Å². The summed E-state index contributed by atoms with van der Waals surface area (Å²) >= 11 is 0. The van der Waals surface area contributed by atoms with Crippen LogP contribution in [0.1, 0.15) is 58.4 Å². The first kappa shape index (κ1) is 17.7. The molecule has 0 saturated carbocycles. The zero-order valence-electron chi connectivity index (χ0n) is 13.9. The minimum absolute atomic E-state index is 0.0271. The highest BCUT2D eigenvalue weighted by Crippen LogP contribution is 2.10. The fourth-order valence-electron chi connectivity index (χ4n) is 2.35. The van der Waals surface area contributed by atoms with Crippen LogP contribution in [0.15, 0.2) is 24.3 Å². The quantitative estimate of drug-likeness (QED) is 0.667. The molecule has 2 atom stereocenters. The van der Waals surface area contributed by atoms with E-state index >= 15 is 0 Å². The predicted octanol–water partition coefficient (Wildman–Crippen LogP) is 4.27. The molecule has 2 unspecified atom stereocenters. The third-order valence-corrected chi connectivity index (χ3v) is 3.74. The topological polar surface area (TPSA) is 41.1 Å². The van der Waals surface area contributed by atoms with Gasteiger partial charge in [0, 0.05) is 11.7 Å². The van der Waals surface area contributed by atoms with Crippen molar-refractivity contribution in [2.75, 3.05) is 5.32 Å². The first-order valence-electron chi connectivity index (χ1n) is 8.16. The van der Waals surface area contributed by atoms with E-state index in [0.29, 0.717) is 6.04 Å². The molecule has 1 aromatic carbocycles. The Balaban J connectivity index is 2.31. The molecule has 0 aromatic heterocycles. The van der Waals surface area contributed by atoms with E-state index in [1.165, 1.54) is 31.2 Å². The molecule has 0 aliphatic heterocycles. The predicted molar refractivity (Wildman–Crippen MR) is 90.6 cm³/mol. The second-order valence-corrected chi connectivity index (χ2v) is 5.99. The van der Waals surface area contributed by atoms with Gasteiger partial charge in [0.15, 0.2) is 0 Å². The summed E-state index contributed by atoms with van der Waals surface area (Å²) in [5, 5.41) is 6.33. The molecule has 1 amide bonds. The molecule has 0 saturated heterocycles. The zero-order chi connectivity index (χ0) is 15.7. The molecule has 0 bridgehead atoms. The summed E-state index contributed by atoms with van der Waals surface area (Å²) in [5.74, 6) is 0.0271. The average Bonchev–Trinajstić information content (AvgIpc) is 2.46. The fourth-order valence-corrected chi connectivity index (χ4v) is 2.35. The van der Waals surface area contributed by atoms with Crippen LogP contribution < -0.4 is 10.6 Å². The zero-order valence-corrected chi connectivity index (χ0v) is 13.9. The summed E-state index contributed by atoms with van der Waals surface area (Å²) in [6.07, 6.45) is 6.20. The fraction of sp³-hybridized carbons (Fsp3) is 0.611. The number of hydrogen-bond donors (Lipinski definition) is 2. The maximum Gasteiger partial charge on any atom is 0.241 e. The van der Waals surface area contributed by atoms with Crippen LogP contribution in [0.2, 0.25) is 0 Å². The summed E-state index contributed by atoms with van der Waals surface area (Å²) in [6, 6.07) is 8.09. The van der Waals surface area contributed by atoms with Gasteiger partial charge in [-0.25, -0.2) is 0 Å². The summed E-state index contributed by atoms with van der Waals surface area (Å²) < 4.78 is 0. The third-order valence-electron chi connectivity index (χ3n) is 3.74. The van der Waals surface area contributed by atoms with Crippen molar-refractivity contribution in [3.63, 3.8) is 0 Å². The summed E-state index contributed by atoms with van der Waals surface area (Å²) in [6.45, 7) is 8.34. The highest BCUT2D eigenvalue weighted by Gasteiger charge is 2.15. The molecule has 21 heavy (non-hydrogen) atoms. The van der Waals surface area contributed by atoms with Gasteiger partial charge in [-0.2, -0.15) is 0 Å². The van der Waals surface area contributed by atoms with Crippen LogP contribution in [0.4, 0.5) is 5.69 Å². The number of benzene rings is 1. The van der Waals surface area contributed by atoms with Crippen molar-refractivity contribution in [3.05, 3.63) is 29.8 Å². The minimum Gasteiger partial charge on any atom is -0.325 e. The van der Waals surface area contributed by atoms with Gasteiger partial charge in [-0.3, -0.25) is 4.79 Å². The van der Waals surface area contributed by atoms with Crippen molar-refractivity contribution in [3.8, 4) is 0 Å². The van der Waals surface area contributed by atoms with Crippen molar-refractivity contribution < 1.29 is 4.79 Å². The minimum atomic E-state index is -0.174. The van der Waals surface area contributed by atoms with Crippen LogP contribution in [0.5, 0.6) is 0 Å². The first-order chi connectivity index (χ1) is 10.0. The molecule has 1 rings (SSSR count). The summed E-state index contributed by atoms with van der Waals surface area (Å²) in [7, 11) is 0. The van der Waals surface area contributed by atoms with E-state index in [1.807, 2.05) is 38.1 Å². The Morgan fingerprint density at radius 2 is 1.76 bits per heavy atom. The van der Waals surface area contributed by atoms with Gasteiger partial charge < -0.3 is 10.6 Å². The Labute approximate surface area is 129 Å². The van der Waals surface area contributed by atoms with Gasteiger partial charge in [-0.05, 0) is 39.3 Å². The maximum atomic E-state index is 12.1. The number of aryl methyl sites for hydroxylation is 1. The number of amides is 1. The Morgan fingerprint density at radius 1 is 1.10 bits per heavy atom. The normalized spacial score (nSPS) is 13.7. The monoisotopic (exact) mass is 290 g/mol. The molecule has 0 aliphatic carbocycles. The van der Waals surface area contributed by atoms with E-state index in [0.717, 1.165) is 12.1 Å². The number of anilines is 1. The van der Waals surface area contributed by atoms with E-state index in [4.69, 9.17) is 0 Å². The molecule has 0 radical (unpaired) electrons. The number of unbranched alkanes of at least 4 members (excludes halogenated alkanes) is 3. The van der Waals surface area contributed by atoms with Gasteiger partial charge in [-0.1, -0.05) is 50.3 Å². The lowest BCUT2D eigenvalue weighted by Gasteiger charge is -2.19. The highest BCUT2D eigenvalue weighted by molar-refractivity contribution is 5.94. The molecule has 0 fully saturated rings. The van der Waals surface area contributed by atoms with Gasteiger partial charge in [0.05, 0.1) is 6.04 Å². The summed E-state index contributed by atoms with van der Waals surface area (Å²) in [4.78, 5) is 12.1. The number of carbonyl (C=O) groups is 1. The lowest BCUT2D eigenvalue weighted by atomic mass is 10.1. The second kappa shape index (κ2) is 9.56. The van der Waals surface area contributed by atoms with E-state index in [2.05, 4.69) is 24.5 Å². The van der Waals surface area contributed by atoms with Crippen LogP contribution in [-0.2, 0) is 4.79 Å². The Kier molecular flexibility index (Phi) is 8.06. The van der Waals surface area contributed by atoms with E-state index in [9.17, 15) is 4.79 Å². The number of hydrogen-bond acceptors (Lipinski definition) is 2. The average molecular weight is 290 g/mol. The van der Waals surface area contributed by atoms with Crippen LogP contribution in [-0.4, -0.2) is 18.0 Å². The molecule has 0 spiro atoms. The van der Waals surface area contributed by atoms with Gasteiger partial charge in [0.1, 0.15) is 0 Å². The Morgan fingerprint density at radius 3 is 2.38 bits per heavy atom. The van der Waals surface area contributed by atoms with Crippen molar-refractivity contribution in [2.45, 2.75) is 71.9 Å². The lowest BCUT2D eigenvalue weighted by Crippen LogP contribution is -2.42.